The Morgan fingerprint density at radius 2 is 2.19 bits per heavy atom. The van der Waals surface area contributed by atoms with Crippen LogP contribution in [-0.2, 0) is 11.3 Å². The van der Waals surface area contributed by atoms with E-state index in [1.807, 2.05) is 30.8 Å². The SMILES string of the molecule is CCC(C)C(N)C(=O)NCc1ccn(C2CCCC2)n1.Cl. The first-order chi connectivity index (χ1) is 9.61. The van der Waals surface area contributed by atoms with E-state index in [2.05, 4.69) is 10.4 Å². The van der Waals surface area contributed by atoms with Crippen molar-refractivity contribution < 1.29 is 4.79 Å². The maximum absolute atomic E-state index is 11.9. The van der Waals surface area contributed by atoms with E-state index in [1.54, 1.807) is 0 Å². The molecule has 120 valence electrons. The molecular formula is C15H27ClN4O. The number of nitrogens with two attached hydrogens (primary N) is 1. The van der Waals surface area contributed by atoms with Crippen molar-refractivity contribution in [1.29, 1.82) is 0 Å². The molecule has 1 fully saturated rings. The largest absolute Gasteiger partial charge is 0.349 e. The van der Waals surface area contributed by atoms with Crippen molar-refractivity contribution in [3.05, 3.63) is 18.0 Å². The van der Waals surface area contributed by atoms with Crippen LogP contribution in [0.4, 0.5) is 0 Å². The molecule has 0 aliphatic heterocycles. The Balaban J connectivity index is 0.00000220. The second-order valence-corrected chi connectivity index (χ2v) is 5.85. The van der Waals surface area contributed by atoms with Gasteiger partial charge in [0.05, 0.1) is 24.3 Å². The third kappa shape index (κ3) is 4.71. The van der Waals surface area contributed by atoms with Gasteiger partial charge in [0.15, 0.2) is 0 Å². The highest BCUT2D eigenvalue weighted by molar-refractivity contribution is 5.85. The average molecular weight is 315 g/mol. The Morgan fingerprint density at radius 1 is 1.52 bits per heavy atom. The summed E-state index contributed by atoms with van der Waals surface area (Å²) in [5, 5.41) is 7.43. The molecule has 1 aromatic rings. The number of carbonyl (C=O) groups excluding carboxylic acids is 1. The molecule has 5 nitrogen and oxygen atoms in total. The molecule has 1 saturated carbocycles. The second kappa shape index (κ2) is 8.39. The van der Waals surface area contributed by atoms with Gasteiger partial charge >= 0.3 is 0 Å². The van der Waals surface area contributed by atoms with E-state index in [1.165, 1.54) is 25.7 Å². The minimum Gasteiger partial charge on any atom is -0.349 e. The molecule has 3 N–H and O–H groups in total. The lowest BCUT2D eigenvalue weighted by Gasteiger charge is -2.17. The summed E-state index contributed by atoms with van der Waals surface area (Å²) in [5.41, 5.74) is 6.81. The van der Waals surface area contributed by atoms with Gasteiger partial charge in [0.25, 0.3) is 0 Å². The highest BCUT2D eigenvalue weighted by atomic mass is 35.5. The number of nitrogens with one attached hydrogen (secondary N) is 1. The number of nitrogens with zero attached hydrogens (tertiary/aromatic N) is 2. The summed E-state index contributed by atoms with van der Waals surface area (Å²) in [7, 11) is 0. The molecule has 1 aliphatic rings. The average Bonchev–Trinajstić information content (AvgIpc) is 3.13. The predicted octanol–water partition coefficient (Wildman–Crippen LogP) is 2.41. The van der Waals surface area contributed by atoms with Crippen molar-refractivity contribution in [2.24, 2.45) is 11.7 Å². The highest BCUT2D eigenvalue weighted by Gasteiger charge is 2.20. The molecule has 0 spiro atoms. The summed E-state index contributed by atoms with van der Waals surface area (Å²) in [5.74, 6) is 0.112. The number of hydrogen-bond acceptors (Lipinski definition) is 3. The van der Waals surface area contributed by atoms with Gasteiger partial charge in [-0.05, 0) is 24.8 Å². The normalized spacial score (nSPS) is 18.0. The lowest BCUT2D eigenvalue weighted by atomic mass is 9.99. The molecule has 1 aromatic heterocycles. The van der Waals surface area contributed by atoms with Crippen LogP contribution in [0.2, 0.25) is 0 Å². The lowest BCUT2D eigenvalue weighted by molar-refractivity contribution is -0.123. The van der Waals surface area contributed by atoms with Gasteiger partial charge in [-0.2, -0.15) is 5.10 Å². The van der Waals surface area contributed by atoms with Gasteiger partial charge in [-0.3, -0.25) is 9.48 Å². The van der Waals surface area contributed by atoms with Crippen LogP contribution in [0.3, 0.4) is 0 Å². The van der Waals surface area contributed by atoms with Crippen molar-refractivity contribution in [3.8, 4) is 0 Å². The molecule has 0 aromatic carbocycles. The minimum atomic E-state index is -0.433. The Morgan fingerprint density at radius 3 is 2.81 bits per heavy atom. The standard InChI is InChI=1S/C15H26N4O.ClH/c1-3-11(2)14(16)15(20)17-10-12-8-9-19(18-12)13-6-4-5-7-13;/h8-9,11,13-14H,3-7,10,16H2,1-2H3,(H,17,20);1H. The zero-order valence-corrected chi connectivity index (χ0v) is 13.7. The molecule has 21 heavy (non-hydrogen) atoms. The van der Waals surface area contributed by atoms with Gasteiger partial charge in [-0.25, -0.2) is 0 Å². The molecule has 6 heteroatoms. The van der Waals surface area contributed by atoms with Crippen LogP contribution in [0.1, 0.15) is 57.7 Å². The first kappa shape index (κ1) is 18.0. The van der Waals surface area contributed by atoms with Crippen molar-refractivity contribution >= 4 is 18.3 Å². The Kier molecular flexibility index (Phi) is 7.18. The summed E-state index contributed by atoms with van der Waals surface area (Å²) in [4.78, 5) is 11.9. The third-order valence-corrected chi connectivity index (χ3v) is 4.37. The number of aromatic nitrogens is 2. The van der Waals surface area contributed by atoms with E-state index in [0.717, 1.165) is 12.1 Å². The molecule has 2 atom stereocenters. The highest BCUT2D eigenvalue weighted by Crippen LogP contribution is 2.28. The van der Waals surface area contributed by atoms with Gasteiger partial charge in [-0.15, -0.1) is 12.4 Å². The zero-order valence-electron chi connectivity index (χ0n) is 12.9. The van der Waals surface area contributed by atoms with E-state index in [9.17, 15) is 4.79 Å². The molecule has 0 radical (unpaired) electrons. The van der Waals surface area contributed by atoms with Crippen LogP contribution in [0, 0.1) is 5.92 Å². The van der Waals surface area contributed by atoms with Crippen molar-refractivity contribution in [3.63, 3.8) is 0 Å². The number of rotatable bonds is 6. The molecule has 2 rings (SSSR count). The molecule has 1 aliphatic carbocycles. The van der Waals surface area contributed by atoms with Crippen LogP contribution in [0.25, 0.3) is 0 Å². The molecule has 0 saturated heterocycles. The number of halogens is 1. The number of amides is 1. The van der Waals surface area contributed by atoms with Crippen LogP contribution in [-0.4, -0.2) is 21.7 Å². The fourth-order valence-electron chi connectivity index (χ4n) is 2.65. The first-order valence-corrected chi connectivity index (χ1v) is 7.69. The van der Waals surface area contributed by atoms with E-state index in [4.69, 9.17) is 5.73 Å². The van der Waals surface area contributed by atoms with Crippen molar-refractivity contribution in [2.45, 2.75) is 64.6 Å². The predicted molar refractivity (Wildman–Crippen MR) is 86.3 cm³/mol. The monoisotopic (exact) mass is 314 g/mol. The smallest absolute Gasteiger partial charge is 0.237 e. The van der Waals surface area contributed by atoms with Crippen molar-refractivity contribution in [1.82, 2.24) is 15.1 Å². The second-order valence-electron chi connectivity index (χ2n) is 5.85. The summed E-state index contributed by atoms with van der Waals surface area (Å²) in [6, 6.07) is 2.09. The van der Waals surface area contributed by atoms with Gasteiger partial charge in [0.2, 0.25) is 5.91 Å². The fraction of sp³-hybridized carbons (Fsp3) is 0.733. The summed E-state index contributed by atoms with van der Waals surface area (Å²) < 4.78 is 2.04. The molecular weight excluding hydrogens is 288 g/mol. The first-order valence-electron chi connectivity index (χ1n) is 7.69. The van der Waals surface area contributed by atoms with Gasteiger partial charge < -0.3 is 11.1 Å². The zero-order chi connectivity index (χ0) is 14.5. The Hall–Kier alpha value is -1.07. The quantitative estimate of drug-likeness (QED) is 0.847. The van der Waals surface area contributed by atoms with Gasteiger partial charge in [0, 0.05) is 6.20 Å². The van der Waals surface area contributed by atoms with Crippen LogP contribution < -0.4 is 11.1 Å². The maximum atomic E-state index is 11.9. The van der Waals surface area contributed by atoms with Gasteiger partial charge in [-0.1, -0.05) is 33.1 Å². The van der Waals surface area contributed by atoms with Crippen LogP contribution in [0.5, 0.6) is 0 Å². The fourth-order valence-corrected chi connectivity index (χ4v) is 2.65. The lowest BCUT2D eigenvalue weighted by Crippen LogP contribution is -2.44. The summed E-state index contributed by atoms with van der Waals surface area (Å²) in [6.45, 7) is 4.50. The summed E-state index contributed by atoms with van der Waals surface area (Å²) >= 11 is 0. The maximum Gasteiger partial charge on any atom is 0.237 e. The van der Waals surface area contributed by atoms with Crippen LogP contribution in [0.15, 0.2) is 12.3 Å². The Labute approximate surface area is 133 Å². The third-order valence-electron chi connectivity index (χ3n) is 4.37. The summed E-state index contributed by atoms with van der Waals surface area (Å²) in [6.07, 6.45) is 7.94. The van der Waals surface area contributed by atoms with E-state index in [0.29, 0.717) is 12.6 Å². The minimum absolute atomic E-state index is 0. The Bertz CT molecular complexity index is 443. The molecule has 2 unspecified atom stereocenters. The molecule has 1 amide bonds. The number of carbonyl (C=O) groups is 1. The molecule has 1 heterocycles. The van der Waals surface area contributed by atoms with E-state index in [-0.39, 0.29) is 24.2 Å². The van der Waals surface area contributed by atoms with E-state index < -0.39 is 6.04 Å². The van der Waals surface area contributed by atoms with E-state index >= 15 is 0 Å². The van der Waals surface area contributed by atoms with Crippen LogP contribution >= 0.6 is 12.4 Å². The van der Waals surface area contributed by atoms with Gasteiger partial charge in [0.1, 0.15) is 0 Å². The topological polar surface area (TPSA) is 72.9 Å². The molecule has 0 bridgehead atoms. The van der Waals surface area contributed by atoms with Crippen molar-refractivity contribution in [2.75, 3.05) is 0 Å². The number of hydrogen-bond donors (Lipinski definition) is 2.